The second-order valence-corrected chi connectivity index (χ2v) is 3.87. The van der Waals surface area contributed by atoms with E-state index in [0.29, 0.717) is 11.4 Å². The highest BCUT2D eigenvalue weighted by Crippen LogP contribution is 2.32. The standard InChI is InChI=1S/C13H11N3O3/c1-8-6-9(13(18)19)12(17)10(7-8)15-16-11-4-2-3-5-14-11/h2-7,17H,1H3,(H,18,19)/b16-15+. The third kappa shape index (κ3) is 2.92. The van der Waals surface area contributed by atoms with Gasteiger partial charge in [0.15, 0.2) is 11.6 Å². The van der Waals surface area contributed by atoms with E-state index in [1.165, 1.54) is 6.07 Å². The van der Waals surface area contributed by atoms with Crippen molar-refractivity contribution in [3.63, 3.8) is 0 Å². The molecule has 2 N–H and O–H groups in total. The Morgan fingerprint density at radius 3 is 2.68 bits per heavy atom. The van der Waals surface area contributed by atoms with Gasteiger partial charge in [0.25, 0.3) is 0 Å². The van der Waals surface area contributed by atoms with Crippen molar-refractivity contribution in [3.8, 4) is 5.75 Å². The highest BCUT2D eigenvalue weighted by Gasteiger charge is 2.14. The Kier molecular flexibility index (Phi) is 3.51. The molecule has 0 atom stereocenters. The first-order valence-electron chi connectivity index (χ1n) is 5.47. The molecule has 0 amide bonds. The first kappa shape index (κ1) is 12.7. The Balaban J connectivity index is 2.41. The third-order valence-electron chi connectivity index (χ3n) is 2.37. The smallest absolute Gasteiger partial charge is 0.339 e. The number of carbonyl (C=O) groups is 1. The number of hydrogen-bond donors (Lipinski definition) is 2. The number of rotatable bonds is 3. The molecule has 1 aromatic heterocycles. The van der Waals surface area contributed by atoms with Crippen LogP contribution in [0.15, 0.2) is 46.8 Å². The minimum atomic E-state index is -1.21. The van der Waals surface area contributed by atoms with Crippen LogP contribution in [0.5, 0.6) is 5.75 Å². The van der Waals surface area contributed by atoms with Crippen LogP contribution in [0, 0.1) is 6.92 Å². The summed E-state index contributed by atoms with van der Waals surface area (Å²) in [5.74, 6) is -1.24. The summed E-state index contributed by atoms with van der Waals surface area (Å²) in [6.45, 7) is 1.71. The van der Waals surface area contributed by atoms with E-state index in [1.54, 1.807) is 37.4 Å². The van der Waals surface area contributed by atoms with Crippen LogP contribution in [-0.2, 0) is 0 Å². The number of aromatic hydroxyl groups is 1. The van der Waals surface area contributed by atoms with Gasteiger partial charge in [-0.25, -0.2) is 9.78 Å². The molecule has 0 radical (unpaired) electrons. The zero-order valence-corrected chi connectivity index (χ0v) is 10.1. The average molecular weight is 257 g/mol. The number of carboxylic acid groups (broad SMARTS) is 1. The van der Waals surface area contributed by atoms with Crippen molar-refractivity contribution in [2.75, 3.05) is 0 Å². The van der Waals surface area contributed by atoms with Crippen molar-refractivity contribution in [2.45, 2.75) is 6.92 Å². The SMILES string of the molecule is Cc1cc(/N=N/c2ccccn2)c(O)c(C(=O)O)c1. The second kappa shape index (κ2) is 5.26. The van der Waals surface area contributed by atoms with Crippen LogP contribution >= 0.6 is 0 Å². The third-order valence-corrected chi connectivity index (χ3v) is 2.37. The highest BCUT2D eigenvalue weighted by atomic mass is 16.4. The molecule has 96 valence electrons. The summed E-state index contributed by atoms with van der Waals surface area (Å²) in [7, 11) is 0. The van der Waals surface area contributed by atoms with Crippen LogP contribution in [0.25, 0.3) is 0 Å². The van der Waals surface area contributed by atoms with Gasteiger partial charge in [-0.3, -0.25) is 0 Å². The van der Waals surface area contributed by atoms with Gasteiger partial charge in [0.1, 0.15) is 11.3 Å². The number of carboxylic acids is 1. The number of nitrogens with zero attached hydrogens (tertiary/aromatic N) is 3. The van der Waals surface area contributed by atoms with Gasteiger partial charge in [0, 0.05) is 6.20 Å². The molecule has 6 heteroatoms. The molecular formula is C13H11N3O3. The topological polar surface area (TPSA) is 95.1 Å². The van der Waals surface area contributed by atoms with Crippen LogP contribution in [0.4, 0.5) is 11.5 Å². The fraction of sp³-hybridized carbons (Fsp3) is 0.0769. The van der Waals surface area contributed by atoms with E-state index in [4.69, 9.17) is 5.11 Å². The molecule has 1 heterocycles. The molecule has 2 rings (SSSR count). The Hall–Kier alpha value is -2.76. The van der Waals surface area contributed by atoms with Crippen LogP contribution < -0.4 is 0 Å². The number of hydrogen-bond acceptors (Lipinski definition) is 5. The number of aromatic carboxylic acids is 1. The molecule has 0 aliphatic carbocycles. The Morgan fingerprint density at radius 2 is 2.05 bits per heavy atom. The molecule has 19 heavy (non-hydrogen) atoms. The van der Waals surface area contributed by atoms with E-state index in [0.717, 1.165) is 0 Å². The van der Waals surface area contributed by atoms with Gasteiger partial charge in [0.2, 0.25) is 0 Å². The maximum Gasteiger partial charge on any atom is 0.339 e. The molecule has 2 aromatic rings. The van der Waals surface area contributed by atoms with Crippen LogP contribution in [0.1, 0.15) is 15.9 Å². The lowest BCUT2D eigenvalue weighted by Gasteiger charge is -2.04. The number of phenols is 1. The summed E-state index contributed by atoms with van der Waals surface area (Å²) < 4.78 is 0. The lowest BCUT2D eigenvalue weighted by molar-refractivity contribution is 0.0693. The first-order valence-corrected chi connectivity index (χ1v) is 5.47. The zero-order chi connectivity index (χ0) is 13.8. The van der Waals surface area contributed by atoms with Crippen molar-refractivity contribution in [1.29, 1.82) is 0 Å². The van der Waals surface area contributed by atoms with Gasteiger partial charge in [-0.15, -0.1) is 10.2 Å². The molecule has 0 saturated heterocycles. The summed E-state index contributed by atoms with van der Waals surface area (Å²) in [6.07, 6.45) is 1.56. The number of aryl methyl sites for hydroxylation is 1. The average Bonchev–Trinajstić information content (AvgIpc) is 2.40. The van der Waals surface area contributed by atoms with E-state index in [1.807, 2.05) is 0 Å². The van der Waals surface area contributed by atoms with Gasteiger partial charge < -0.3 is 10.2 Å². The molecule has 0 unspecified atom stereocenters. The van der Waals surface area contributed by atoms with Crippen LogP contribution in [-0.4, -0.2) is 21.2 Å². The summed E-state index contributed by atoms with van der Waals surface area (Å²) in [5.41, 5.74) is 0.572. The Bertz CT molecular complexity index is 639. The molecule has 0 spiro atoms. The van der Waals surface area contributed by atoms with Crippen molar-refractivity contribution in [2.24, 2.45) is 10.2 Å². The zero-order valence-electron chi connectivity index (χ0n) is 10.1. The molecule has 0 fully saturated rings. The van der Waals surface area contributed by atoms with E-state index < -0.39 is 11.7 Å². The van der Waals surface area contributed by atoms with E-state index in [-0.39, 0.29) is 11.3 Å². The van der Waals surface area contributed by atoms with Gasteiger partial charge in [-0.2, -0.15) is 0 Å². The normalized spacial score (nSPS) is 10.8. The summed E-state index contributed by atoms with van der Waals surface area (Å²) in [4.78, 5) is 14.9. The predicted molar refractivity (Wildman–Crippen MR) is 68.2 cm³/mol. The van der Waals surface area contributed by atoms with Gasteiger partial charge in [0.05, 0.1) is 0 Å². The van der Waals surface area contributed by atoms with Gasteiger partial charge in [-0.1, -0.05) is 6.07 Å². The largest absolute Gasteiger partial charge is 0.505 e. The minimum absolute atomic E-state index is 0.100. The van der Waals surface area contributed by atoms with Gasteiger partial charge in [-0.05, 0) is 36.8 Å². The van der Waals surface area contributed by atoms with Crippen LogP contribution in [0.3, 0.4) is 0 Å². The fourth-order valence-electron chi connectivity index (χ4n) is 1.52. The molecular weight excluding hydrogens is 246 g/mol. The molecule has 1 aromatic carbocycles. The number of aromatic nitrogens is 1. The predicted octanol–water partition coefficient (Wildman–Crippen LogP) is 3.21. The van der Waals surface area contributed by atoms with E-state index >= 15 is 0 Å². The van der Waals surface area contributed by atoms with E-state index in [9.17, 15) is 9.90 Å². The van der Waals surface area contributed by atoms with Crippen LogP contribution in [0.2, 0.25) is 0 Å². The lowest BCUT2D eigenvalue weighted by Crippen LogP contribution is -1.97. The molecule has 0 saturated carbocycles. The first-order chi connectivity index (χ1) is 9.08. The molecule has 0 aliphatic heterocycles. The molecule has 0 bridgehead atoms. The van der Waals surface area contributed by atoms with Crippen molar-refractivity contribution >= 4 is 17.5 Å². The van der Waals surface area contributed by atoms with Crippen molar-refractivity contribution in [3.05, 3.63) is 47.7 Å². The Morgan fingerprint density at radius 1 is 1.26 bits per heavy atom. The summed E-state index contributed by atoms with van der Waals surface area (Å²) in [5, 5.41) is 26.4. The molecule has 0 aliphatic rings. The summed E-state index contributed by atoms with van der Waals surface area (Å²) >= 11 is 0. The Labute approximate surface area is 109 Å². The van der Waals surface area contributed by atoms with E-state index in [2.05, 4.69) is 15.2 Å². The number of pyridine rings is 1. The highest BCUT2D eigenvalue weighted by molar-refractivity contribution is 5.93. The minimum Gasteiger partial charge on any atom is -0.505 e. The number of azo groups is 1. The number of benzene rings is 1. The maximum atomic E-state index is 11.0. The van der Waals surface area contributed by atoms with Gasteiger partial charge >= 0.3 is 5.97 Å². The lowest BCUT2D eigenvalue weighted by atomic mass is 10.1. The quantitative estimate of drug-likeness (QED) is 0.825. The fourth-order valence-corrected chi connectivity index (χ4v) is 1.52. The second-order valence-electron chi connectivity index (χ2n) is 3.87. The summed E-state index contributed by atoms with van der Waals surface area (Å²) in [6, 6.07) is 8.06. The monoisotopic (exact) mass is 257 g/mol. The van der Waals surface area contributed by atoms with Crippen molar-refractivity contribution in [1.82, 2.24) is 4.98 Å². The maximum absolute atomic E-state index is 11.0. The van der Waals surface area contributed by atoms with Crippen molar-refractivity contribution < 1.29 is 15.0 Å². The molecule has 6 nitrogen and oxygen atoms in total.